The van der Waals surface area contributed by atoms with E-state index in [2.05, 4.69) is 22.0 Å². The minimum Gasteiger partial charge on any atom is -0.512 e. The molecule has 0 aliphatic carbocycles. The number of nitrogens with zero attached hydrogens (tertiary/aromatic N) is 3. The molecule has 27 heavy (non-hydrogen) atoms. The van der Waals surface area contributed by atoms with Crippen molar-refractivity contribution in [2.24, 2.45) is 0 Å². The second kappa shape index (κ2) is 7.49. The number of aliphatic hydroxyl groups is 1. The van der Waals surface area contributed by atoms with Crippen LogP contribution in [0.3, 0.4) is 0 Å². The van der Waals surface area contributed by atoms with Crippen LogP contribution in [0.15, 0.2) is 58.5 Å². The predicted molar refractivity (Wildman–Crippen MR) is 106 cm³/mol. The number of anilines is 1. The lowest BCUT2D eigenvalue weighted by atomic mass is 10.1. The molecule has 0 saturated carbocycles. The lowest BCUT2D eigenvalue weighted by Crippen LogP contribution is -2.11. The zero-order valence-electron chi connectivity index (χ0n) is 15.6. The van der Waals surface area contributed by atoms with Crippen LogP contribution in [-0.4, -0.2) is 25.8 Å². The first-order chi connectivity index (χ1) is 12.9. The first-order valence-electron chi connectivity index (χ1n) is 8.65. The average Bonchev–Trinajstić information content (AvgIpc) is 3.24. The number of aryl methyl sites for hydroxylation is 1. The Hall–Kier alpha value is -3.35. The maximum absolute atomic E-state index is 12.5. The van der Waals surface area contributed by atoms with Crippen LogP contribution in [0, 0.1) is 0 Å². The first kappa shape index (κ1) is 18.4. The van der Waals surface area contributed by atoms with Crippen LogP contribution < -0.4 is 5.32 Å². The van der Waals surface area contributed by atoms with Crippen molar-refractivity contribution in [1.82, 2.24) is 14.8 Å². The van der Waals surface area contributed by atoms with Crippen molar-refractivity contribution < 1.29 is 15.7 Å². The molecule has 3 aromatic rings. The molecule has 142 valence electrons. The zero-order chi connectivity index (χ0) is 19.6. The highest BCUT2D eigenvalue weighted by Crippen LogP contribution is 2.19. The number of benzene rings is 1. The molecular weight excluding hydrogens is 344 g/mol. The van der Waals surface area contributed by atoms with Gasteiger partial charge in [0.15, 0.2) is 11.5 Å². The number of aliphatic hydroxyl groups excluding tert-OH is 1. The Kier molecular flexibility index (Phi) is 5.12. The quantitative estimate of drug-likeness (QED) is 0.494. The van der Waals surface area contributed by atoms with Crippen molar-refractivity contribution in [3.63, 3.8) is 0 Å². The molecule has 1 aromatic carbocycles. The molecule has 0 radical (unpaired) electrons. The molecule has 0 aliphatic rings. The Morgan fingerprint density at radius 1 is 1.41 bits per heavy atom. The number of oxazole rings is 1. The van der Waals surface area contributed by atoms with Crippen molar-refractivity contribution in [1.29, 1.82) is 0 Å². The molecule has 1 amide bonds. The molecule has 0 saturated heterocycles. The number of aromatic nitrogens is 3. The number of nitrogens with one attached hydrogen (secondary N) is 1. The fraction of sp³-hybridized carbons (Fsp3) is 0.250. The van der Waals surface area contributed by atoms with Gasteiger partial charge in [-0.3, -0.25) is 9.48 Å². The third-order valence-corrected chi connectivity index (χ3v) is 4.16. The number of hydrogen-bond donors (Lipinski definition) is 2. The molecule has 0 bridgehead atoms. The summed E-state index contributed by atoms with van der Waals surface area (Å²) in [6.45, 7) is 9.63. The highest BCUT2D eigenvalue weighted by Gasteiger charge is 2.12. The molecule has 3 rings (SSSR count). The van der Waals surface area contributed by atoms with Gasteiger partial charge in [0.2, 0.25) is 0 Å². The summed E-state index contributed by atoms with van der Waals surface area (Å²) in [6, 6.07) is 5.15. The van der Waals surface area contributed by atoms with Crippen LogP contribution in [0.4, 0.5) is 5.69 Å². The Balaban J connectivity index is 0.00000280. The minimum atomic E-state index is -0.258. The lowest BCUT2D eigenvalue weighted by molar-refractivity contribution is 0.102. The third-order valence-electron chi connectivity index (χ3n) is 4.16. The molecule has 7 heteroatoms. The summed E-state index contributed by atoms with van der Waals surface area (Å²) in [5.74, 6) is 0.590. The van der Waals surface area contributed by atoms with E-state index in [0.29, 0.717) is 46.8 Å². The van der Waals surface area contributed by atoms with Gasteiger partial charge in [0.25, 0.3) is 5.91 Å². The second-order valence-corrected chi connectivity index (χ2v) is 6.37. The fourth-order valence-corrected chi connectivity index (χ4v) is 2.71. The fourth-order valence-electron chi connectivity index (χ4n) is 2.71. The van der Waals surface area contributed by atoms with Gasteiger partial charge in [0.1, 0.15) is 5.52 Å². The summed E-state index contributed by atoms with van der Waals surface area (Å²) in [5.41, 5.74) is 3.84. The van der Waals surface area contributed by atoms with E-state index >= 15 is 0 Å². The maximum atomic E-state index is 12.5. The summed E-state index contributed by atoms with van der Waals surface area (Å²) in [5, 5.41) is 16.8. The van der Waals surface area contributed by atoms with Crippen LogP contribution >= 0.6 is 0 Å². The number of carbonyl (C=O) groups is 1. The Bertz CT molecular complexity index is 1040. The van der Waals surface area contributed by atoms with Crippen LogP contribution in [0.2, 0.25) is 0 Å². The Morgan fingerprint density at radius 3 is 2.85 bits per heavy atom. The van der Waals surface area contributed by atoms with Gasteiger partial charge in [-0.25, -0.2) is 4.98 Å². The van der Waals surface area contributed by atoms with E-state index in [-0.39, 0.29) is 13.1 Å². The van der Waals surface area contributed by atoms with Crippen LogP contribution in [0.1, 0.15) is 38.4 Å². The van der Waals surface area contributed by atoms with Crippen molar-refractivity contribution in [3.8, 4) is 0 Å². The standard InChI is InChI=1S/C20H22N4O3.H2/c1-5-19-23-17-8-14(6-7-18(17)27-19)20(26)22-15-9-21-24(10-15)11-16(12(2)3)13(4)25;/h6-10,25H,2,5,11H2,1,3-4H3,(H,22,26);1H/b16-13-;. The summed E-state index contributed by atoms with van der Waals surface area (Å²) >= 11 is 0. The normalized spacial score (nSPS) is 12.1. The molecule has 2 heterocycles. The van der Waals surface area contributed by atoms with E-state index in [0.717, 1.165) is 5.57 Å². The van der Waals surface area contributed by atoms with Gasteiger partial charge >= 0.3 is 0 Å². The van der Waals surface area contributed by atoms with Gasteiger partial charge in [0.05, 0.1) is 24.2 Å². The van der Waals surface area contributed by atoms with Crippen molar-refractivity contribution in [2.45, 2.75) is 33.7 Å². The molecule has 7 nitrogen and oxygen atoms in total. The van der Waals surface area contributed by atoms with Gasteiger partial charge < -0.3 is 14.8 Å². The summed E-state index contributed by atoms with van der Waals surface area (Å²) in [4.78, 5) is 16.9. The van der Waals surface area contributed by atoms with Crippen molar-refractivity contribution in [2.75, 3.05) is 5.32 Å². The summed E-state index contributed by atoms with van der Waals surface area (Å²) in [7, 11) is 0. The number of fused-ring (bicyclic) bond motifs is 1. The van der Waals surface area contributed by atoms with Crippen LogP contribution in [0.5, 0.6) is 0 Å². The Labute approximate surface area is 158 Å². The molecule has 2 N–H and O–H groups in total. The highest BCUT2D eigenvalue weighted by atomic mass is 16.3. The summed E-state index contributed by atoms with van der Waals surface area (Å²) in [6.07, 6.45) is 3.96. The van der Waals surface area contributed by atoms with E-state index in [9.17, 15) is 9.90 Å². The molecule has 2 aromatic heterocycles. The number of hydrogen-bond acceptors (Lipinski definition) is 5. The number of rotatable bonds is 6. The van der Waals surface area contributed by atoms with E-state index in [1.165, 1.54) is 0 Å². The van der Waals surface area contributed by atoms with E-state index in [1.807, 2.05) is 13.8 Å². The second-order valence-electron chi connectivity index (χ2n) is 6.37. The van der Waals surface area contributed by atoms with Gasteiger partial charge in [-0.2, -0.15) is 5.10 Å². The first-order valence-corrected chi connectivity index (χ1v) is 8.65. The highest BCUT2D eigenvalue weighted by molar-refractivity contribution is 6.05. The van der Waals surface area contributed by atoms with Crippen LogP contribution in [-0.2, 0) is 13.0 Å². The predicted octanol–water partition coefficient (Wildman–Crippen LogP) is 4.49. The Morgan fingerprint density at radius 2 is 2.19 bits per heavy atom. The molecule has 0 spiro atoms. The molecule has 0 fully saturated rings. The maximum Gasteiger partial charge on any atom is 0.255 e. The van der Waals surface area contributed by atoms with Gasteiger partial charge in [0, 0.05) is 25.2 Å². The van der Waals surface area contributed by atoms with E-state index in [1.54, 1.807) is 42.2 Å². The monoisotopic (exact) mass is 368 g/mol. The minimum absolute atomic E-state index is 0. The zero-order valence-corrected chi connectivity index (χ0v) is 15.6. The van der Waals surface area contributed by atoms with Crippen molar-refractivity contribution in [3.05, 3.63) is 65.5 Å². The number of carbonyl (C=O) groups excluding carboxylic acids is 1. The van der Waals surface area contributed by atoms with Gasteiger partial charge in [-0.05, 0) is 37.6 Å². The molecule has 0 unspecified atom stereocenters. The summed E-state index contributed by atoms with van der Waals surface area (Å²) < 4.78 is 7.19. The SMILES string of the molecule is C=C(C)/C(Cn1cc(NC(=O)c2ccc3oc(CC)nc3c2)cn1)=C(/C)O.[HH]. The lowest BCUT2D eigenvalue weighted by Gasteiger charge is -2.08. The third kappa shape index (κ3) is 4.08. The molecule has 0 aliphatic heterocycles. The van der Waals surface area contributed by atoms with Gasteiger partial charge in [-0.15, -0.1) is 0 Å². The average molecular weight is 368 g/mol. The van der Waals surface area contributed by atoms with Crippen LogP contribution in [0.25, 0.3) is 11.1 Å². The van der Waals surface area contributed by atoms with Crippen molar-refractivity contribution >= 4 is 22.7 Å². The number of amides is 1. The number of allylic oxidation sites excluding steroid dienone is 3. The van der Waals surface area contributed by atoms with E-state index < -0.39 is 0 Å². The van der Waals surface area contributed by atoms with E-state index in [4.69, 9.17) is 4.42 Å². The molecule has 0 atom stereocenters. The molecular formula is C20H24N4O3. The smallest absolute Gasteiger partial charge is 0.255 e. The topological polar surface area (TPSA) is 93.2 Å². The van der Waals surface area contributed by atoms with Gasteiger partial charge in [-0.1, -0.05) is 13.5 Å². The largest absolute Gasteiger partial charge is 0.512 e.